The van der Waals surface area contributed by atoms with E-state index in [-0.39, 0.29) is 35.6 Å². The smallest absolute Gasteiger partial charge is 0.286 e. The third-order valence-corrected chi connectivity index (χ3v) is 6.04. The summed E-state index contributed by atoms with van der Waals surface area (Å²) in [5.74, 6) is 1.35. The molecule has 0 unspecified atom stereocenters. The summed E-state index contributed by atoms with van der Waals surface area (Å²) < 4.78 is 10.6. The first-order valence-corrected chi connectivity index (χ1v) is 9.85. The van der Waals surface area contributed by atoms with Crippen molar-refractivity contribution in [3.8, 4) is 11.5 Å². The van der Waals surface area contributed by atoms with Gasteiger partial charge in [0.25, 0.3) is 5.91 Å². The Balaban J connectivity index is 1.29. The Morgan fingerprint density at radius 1 is 1.15 bits per heavy atom. The lowest BCUT2D eigenvalue weighted by Gasteiger charge is -2.22. The van der Waals surface area contributed by atoms with E-state index < -0.39 is 0 Å². The van der Waals surface area contributed by atoms with E-state index in [9.17, 15) is 9.59 Å². The van der Waals surface area contributed by atoms with Crippen LogP contribution in [0.2, 0.25) is 0 Å². The fourth-order valence-electron chi connectivity index (χ4n) is 3.47. The van der Waals surface area contributed by atoms with E-state index in [2.05, 4.69) is 15.5 Å². The summed E-state index contributed by atoms with van der Waals surface area (Å²) in [6.45, 7) is 0.947. The minimum absolute atomic E-state index is 0.0531. The van der Waals surface area contributed by atoms with Crippen LogP contribution < -0.4 is 14.8 Å². The monoisotopic (exact) mass is 386 g/mol. The number of anilines is 1. The van der Waals surface area contributed by atoms with Crippen LogP contribution in [-0.4, -0.2) is 40.2 Å². The molecule has 8 nitrogen and oxygen atoms in total. The molecular weight excluding hydrogens is 368 g/mol. The van der Waals surface area contributed by atoms with Crippen LogP contribution in [0.5, 0.6) is 11.5 Å². The maximum Gasteiger partial charge on any atom is 0.286 e. The van der Waals surface area contributed by atoms with Gasteiger partial charge in [-0.3, -0.25) is 9.59 Å². The molecule has 27 heavy (non-hydrogen) atoms. The van der Waals surface area contributed by atoms with Gasteiger partial charge in [0, 0.05) is 24.2 Å². The molecular formula is C18H18N4O4S. The van der Waals surface area contributed by atoms with Gasteiger partial charge in [0.2, 0.25) is 17.7 Å². The highest BCUT2D eigenvalue weighted by Gasteiger charge is 2.40. The van der Waals surface area contributed by atoms with Crippen LogP contribution in [0.1, 0.15) is 46.5 Å². The van der Waals surface area contributed by atoms with Crippen molar-refractivity contribution in [1.82, 2.24) is 15.1 Å². The van der Waals surface area contributed by atoms with Crippen molar-refractivity contribution >= 4 is 28.8 Å². The number of rotatable bonds is 4. The van der Waals surface area contributed by atoms with Crippen LogP contribution >= 0.6 is 11.3 Å². The van der Waals surface area contributed by atoms with Crippen molar-refractivity contribution in [2.45, 2.75) is 31.7 Å². The van der Waals surface area contributed by atoms with Crippen molar-refractivity contribution < 1.29 is 19.1 Å². The average molecular weight is 386 g/mol. The fourth-order valence-corrected chi connectivity index (χ4v) is 4.36. The van der Waals surface area contributed by atoms with Crippen LogP contribution in [0.3, 0.4) is 0 Å². The lowest BCUT2D eigenvalue weighted by molar-refractivity contribution is -0.133. The first kappa shape index (κ1) is 16.5. The summed E-state index contributed by atoms with van der Waals surface area (Å²) in [7, 11) is 0. The van der Waals surface area contributed by atoms with Gasteiger partial charge < -0.3 is 19.7 Å². The number of fused-ring (bicyclic) bond motifs is 1. The van der Waals surface area contributed by atoms with Crippen molar-refractivity contribution in [1.29, 1.82) is 0 Å². The van der Waals surface area contributed by atoms with Gasteiger partial charge in [-0.25, -0.2) is 0 Å². The molecule has 0 bridgehead atoms. The van der Waals surface area contributed by atoms with Crippen LogP contribution in [0.15, 0.2) is 18.2 Å². The SMILES string of the molecule is O=C(Nc1ccc2c(c1)OCO2)c1nnc([C@H]2CCCN2C(=O)C2CC2)s1. The number of nitrogens with one attached hydrogen (secondary N) is 1. The molecule has 9 heteroatoms. The second-order valence-electron chi connectivity index (χ2n) is 6.93. The number of carbonyl (C=O) groups excluding carboxylic acids is 2. The molecule has 3 heterocycles. The molecule has 1 saturated carbocycles. The first-order valence-electron chi connectivity index (χ1n) is 9.04. The first-order chi connectivity index (χ1) is 13.2. The number of hydrogen-bond donors (Lipinski definition) is 1. The quantitative estimate of drug-likeness (QED) is 0.868. The molecule has 0 radical (unpaired) electrons. The second kappa shape index (κ2) is 6.49. The molecule has 1 atom stereocenters. The minimum Gasteiger partial charge on any atom is -0.454 e. The van der Waals surface area contributed by atoms with Gasteiger partial charge in [-0.1, -0.05) is 11.3 Å². The molecule has 2 fully saturated rings. The van der Waals surface area contributed by atoms with E-state index in [1.807, 2.05) is 4.90 Å². The summed E-state index contributed by atoms with van der Waals surface area (Å²) in [5, 5.41) is 12.1. The van der Waals surface area contributed by atoms with Crippen molar-refractivity contribution in [3.63, 3.8) is 0 Å². The zero-order valence-corrected chi connectivity index (χ0v) is 15.3. The molecule has 1 aromatic carbocycles. The number of ether oxygens (including phenoxy) is 2. The zero-order chi connectivity index (χ0) is 18.4. The molecule has 5 rings (SSSR count). The summed E-state index contributed by atoms with van der Waals surface area (Å²) >= 11 is 1.25. The number of benzene rings is 1. The standard InChI is InChI=1S/C18H18N4O4S/c23-15(19-11-5-6-13-14(8-11)26-9-25-13)17-21-20-16(27-17)12-2-1-7-22(12)18(24)10-3-4-10/h5-6,8,10,12H,1-4,7,9H2,(H,19,23)/t12-/m1/s1. The second-order valence-corrected chi connectivity index (χ2v) is 7.94. The predicted molar refractivity (Wildman–Crippen MR) is 96.8 cm³/mol. The summed E-state index contributed by atoms with van der Waals surface area (Å²) in [6, 6.07) is 5.17. The molecule has 140 valence electrons. The van der Waals surface area contributed by atoms with E-state index in [1.54, 1.807) is 18.2 Å². The van der Waals surface area contributed by atoms with Crippen LogP contribution in [-0.2, 0) is 4.79 Å². The number of hydrogen-bond acceptors (Lipinski definition) is 7. The minimum atomic E-state index is -0.323. The van der Waals surface area contributed by atoms with Gasteiger partial charge in [0.15, 0.2) is 11.5 Å². The summed E-state index contributed by atoms with van der Waals surface area (Å²) in [6.07, 6.45) is 3.81. The lowest BCUT2D eigenvalue weighted by Crippen LogP contribution is -2.31. The highest BCUT2D eigenvalue weighted by Crippen LogP contribution is 2.39. The third-order valence-electron chi connectivity index (χ3n) is 5.01. The summed E-state index contributed by atoms with van der Waals surface area (Å²) in [5.41, 5.74) is 0.604. The Kier molecular flexibility index (Phi) is 3.96. The molecule has 3 aliphatic rings. The molecule has 2 aliphatic heterocycles. The van der Waals surface area contributed by atoms with E-state index >= 15 is 0 Å². The molecule has 2 aromatic rings. The highest BCUT2D eigenvalue weighted by molar-refractivity contribution is 7.13. The van der Waals surface area contributed by atoms with Gasteiger partial charge >= 0.3 is 0 Å². The van der Waals surface area contributed by atoms with Gasteiger partial charge in [0.05, 0.1) is 6.04 Å². The average Bonchev–Trinajstić information content (AvgIpc) is 3.08. The number of nitrogens with zero attached hydrogens (tertiary/aromatic N) is 3. The van der Waals surface area contributed by atoms with E-state index in [4.69, 9.17) is 9.47 Å². The molecule has 1 aliphatic carbocycles. The van der Waals surface area contributed by atoms with Crippen molar-refractivity contribution in [2.24, 2.45) is 5.92 Å². The summed E-state index contributed by atoms with van der Waals surface area (Å²) in [4.78, 5) is 26.9. The number of amides is 2. The Labute approximate surface area is 159 Å². The van der Waals surface area contributed by atoms with Crippen LogP contribution in [0.4, 0.5) is 5.69 Å². The Morgan fingerprint density at radius 3 is 2.85 bits per heavy atom. The molecule has 0 spiro atoms. The van der Waals surface area contributed by atoms with Crippen LogP contribution in [0, 0.1) is 5.92 Å². The van der Waals surface area contributed by atoms with Gasteiger partial charge in [-0.15, -0.1) is 10.2 Å². The van der Waals surface area contributed by atoms with Gasteiger partial charge in [0.1, 0.15) is 5.01 Å². The van der Waals surface area contributed by atoms with Crippen molar-refractivity contribution in [2.75, 3.05) is 18.7 Å². The largest absolute Gasteiger partial charge is 0.454 e. The maximum atomic E-state index is 12.5. The van der Waals surface area contributed by atoms with Crippen LogP contribution in [0.25, 0.3) is 0 Å². The predicted octanol–water partition coefficient (Wildman–Crippen LogP) is 2.59. The van der Waals surface area contributed by atoms with E-state index in [1.165, 1.54) is 11.3 Å². The Morgan fingerprint density at radius 2 is 2.00 bits per heavy atom. The normalized spacial score (nSPS) is 20.7. The van der Waals surface area contributed by atoms with E-state index in [0.717, 1.165) is 37.2 Å². The molecule has 1 aromatic heterocycles. The third kappa shape index (κ3) is 3.12. The maximum absolute atomic E-state index is 12.5. The topological polar surface area (TPSA) is 93.7 Å². The Hall–Kier alpha value is -2.68. The molecule has 2 amide bonds. The lowest BCUT2D eigenvalue weighted by atomic mass is 10.2. The zero-order valence-electron chi connectivity index (χ0n) is 14.5. The number of aromatic nitrogens is 2. The van der Waals surface area contributed by atoms with Gasteiger partial charge in [-0.2, -0.15) is 0 Å². The van der Waals surface area contributed by atoms with Crippen molar-refractivity contribution in [3.05, 3.63) is 28.2 Å². The van der Waals surface area contributed by atoms with Gasteiger partial charge in [-0.05, 0) is 37.8 Å². The number of likely N-dealkylation sites (tertiary alicyclic amines) is 1. The fraction of sp³-hybridized carbons (Fsp3) is 0.444. The highest BCUT2D eigenvalue weighted by atomic mass is 32.1. The molecule has 1 saturated heterocycles. The Bertz CT molecular complexity index is 911. The van der Waals surface area contributed by atoms with E-state index in [0.29, 0.717) is 17.2 Å². The molecule has 1 N–H and O–H groups in total. The number of carbonyl (C=O) groups is 2.